The minimum Gasteiger partial charge on any atom is -0.487 e. The van der Waals surface area contributed by atoms with Gasteiger partial charge in [0.2, 0.25) is 5.91 Å². The second kappa shape index (κ2) is 10.5. The maximum atomic E-state index is 12.7. The van der Waals surface area contributed by atoms with Crippen LogP contribution in [0.15, 0.2) is 18.2 Å². The number of aliphatic hydroxyl groups is 1. The smallest absolute Gasteiger partial charge is 0.319 e. The maximum absolute atomic E-state index is 12.7. The largest absolute Gasteiger partial charge is 0.487 e. The Bertz CT molecular complexity index is 881. The molecule has 0 radical (unpaired) electrons. The van der Waals surface area contributed by atoms with Gasteiger partial charge in [-0.05, 0) is 50.3 Å². The normalized spacial score (nSPS) is 29.1. The predicted molar refractivity (Wildman–Crippen MR) is 128 cm³/mol. The molecular formula is C26H37N3O5. The van der Waals surface area contributed by atoms with Crippen molar-refractivity contribution in [2.75, 3.05) is 11.9 Å². The first kappa shape index (κ1) is 23.4. The molecule has 186 valence electrons. The van der Waals surface area contributed by atoms with E-state index < -0.39 is 6.10 Å². The fourth-order valence-electron chi connectivity index (χ4n) is 6.13. The molecule has 0 unspecified atom stereocenters. The van der Waals surface area contributed by atoms with Crippen LogP contribution in [0.5, 0.6) is 5.75 Å². The summed E-state index contributed by atoms with van der Waals surface area (Å²) in [7, 11) is 0. The number of benzene rings is 1. The fraction of sp³-hybridized carbons (Fsp3) is 0.692. The van der Waals surface area contributed by atoms with E-state index in [0.717, 1.165) is 55.5 Å². The summed E-state index contributed by atoms with van der Waals surface area (Å²) in [6.07, 6.45) is 9.96. The van der Waals surface area contributed by atoms with Crippen molar-refractivity contribution in [3.63, 3.8) is 0 Å². The SMILES string of the molecule is O=C(C[C@@H]1C[C@@H]2c3cc(NC(=O)NC4CCCC4)ccc3O[C@@H]2[C@H](CO)O1)NC1CCCCC1. The van der Waals surface area contributed by atoms with Crippen LogP contribution in [0.25, 0.3) is 0 Å². The molecule has 1 aromatic carbocycles. The van der Waals surface area contributed by atoms with Gasteiger partial charge in [0.25, 0.3) is 0 Å². The molecule has 4 atom stereocenters. The maximum Gasteiger partial charge on any atom is 0.319 e. The molecule has 1 saturated heterocycles. The van der Waals surface area contributed by atoms with E-state index in [9.17, 15) is 14.7 Å². The van der Waals surface area contributed by atoms with E-state index in [0.29, 0.717) is 6.42 Å². The third-order valence-corrected chi connectivity index (χ3v) is 7.83. The van der Waals surface area contributed by atoms with Crippen molar-refractivity contribution in [2.24, 2.45) is 0 Å². The highest BCUT2D eigenvalue weighted by atomic mass is 16.6. The Morgan fingerprint density at radius 2 is 1.68 bits per heavy atom. The van der Waals surface area contributed by atoms with E-state index >= 15 is 0 Å². The van der Waals surface area contributed by atoms with Gasteiger partial charge in [-0.15, -0.1) is 0 Å². The van der Waals surface area contributed by atoms with Crippen molar-refractivity contribution in [2.45, 2.75) is 107 Å². The van der Waals surface area contributed by atoms with Gasteiger partial charge in [0, 0.05) is 29.3 Å². The minimum atomic E-state index is -0.485. The van der Waals surface area contributed by atoms with Crippen LogP contribution in [0.4, 0.5) is 10.5 Å². The van der Waals surface area contributed by atoms with Crippen LogP contribution in [0, 0.1) is 0 Å². The van der Waals surface area contributed by atoms with Crippen LogP contribution < -0.4 is 20.7 Å². The van der Waals surface area contributed by atoms with Gasteiger partial charge >= 0.3 is 6.03 Å². The number of rotatable bonds is 6. The Morgan fingerprint density at radius 1 is 0.971 bits per heavy atom. The number of hydrogen-bond acceptors (Lipinski definition) is 5. The fourth-order valence-corrected chi connectivity index (χ4v) is 6.13. The van der Waals surface area contributed by atoms with E-state index in [2.05, 4.69) is 16.0 Å². The lowest BCUT2D eigenvalue weighted by Gasteiger charge is -2.37. The second-order valence-electron chi connectivity index (χ2n) is 10.3. The van der Waals surface area contributed by atoms with Gasteiger partial charge in [-0.2, -0.15) is 0 Å². The predicted octanol–water partition coefficient (Wildman–Crippen LogP) is 3.58. The number of hydrogen-bond donors (Lipinski definition) is 4. The average molecular weight is 472 g/mol. The third kappa shape index (κ3) is 5.33. The van der Waals surface area contributed by atoms with Gasteiger partial charge in [0.05, 0.1) is 19.1 Å². The molecule has 3 fully saturated rings. The molecule has 2 aliphatic carbocycles. The van der Waals surface area contributed by atoms with Gasteiger partial charge < -0.3 is 30.5 Å². The number of urea groups is 1. The monoisotopic (exact) mass is 471 g/mol. The molecule has 2 aliphatic heterocycles. The summed E-state index contributed by atoms with van der Waals surface area (Å²) in [5.41, 5.74) is 1.72. The van der Waals surface area contributed by atoms with Crippen molar-refractivity contribution >= 4 is 17.6 Å². The van der Waals surface area contributed by atoms with Crippen LogP contribution in [0.2, 0.25) is 0 Å². The van der Waals surface area contributed by atoms with Gasteiger partial charge in [-0.25, -0.2) is 4.79 Å². The molecule has 5 rings (SSSR count). The lowest BCUT2D eigenvalue weighted by Crippen LogP contribution is -2.48. The van der Waals surface area contributed by atoms with Crippen molar-refractivity contribution in [1.82, 2.24) is 10.6 Å². The van der Waals surface area contributed by atoms with Gasteiger partial charge in [0.15, 0.2) is 0 Å². The van der Waals surface area contributed by atoms with Crippen molar-refractivity contribution in [3.8, 4) is 5.75 Å². The lowest BCUT2D eigenvalue weighted by atomic mass is 9.84. The quantitative estimate of drug-likeness (QED) is 0.507. The number of nitrogens with one attached hydrogen (secondary N) is 3. The highest BCUT2D eigenvalue weighted by molar-refractivity contribution is 5.89. The first-order chi connectivity index (χ1) is 16.6. The minimum absolute atomic E-state index is 0.00743. The first-order valence-electron chi connectivity index (χ1n) is 13.0. The second-order valence-corrected chi connectivity index (χ2v) is 10.3. The number of amides is 3. The van der Waals surface area contributed by atoms with Gasteiger partial charge in [-0.1, -0.05) is 32.1 Å². The third-order valence-electron chi connectivity index (χ3n) is 7.83. The summed E-state index contributed by atoms with van der Waals surface area (Å²) >= 11 is 0. The molecule has 0 aromatic heterocycles. The molecular weight excluding hydrogens is 434 g/mol. The van der Waals surface area contributed by atoms with Crippen LogP contribution in [0.3, 0.4) is 0 Å². The zero-order valence-electron chi connectivity index (χ0n) is 19.8. The summed E-state index contributed by atoms with van der Waals surface area (Å²) in [5, 5.41) is 19.1. The Hall–Kier alpha value is -2.32. The molecule has 2 heterocycles. The number of carbonyl (C=O) groups excluding carboxylic acids is 2. The van der Waals surface area contributed by atoms with E-state index in [-0.39, 0.29) is 55.2 Å². The van der Waals surface area contributed by atoms with Crippen molar-refractivity contribution in [3.05, 3.63) is 23.8 Å². The van der Waals surface area contributed by atoms with Crippen LogP contribution in [-0.2, 0) is 9.53 Å². The summed E-state index contributed by atoms with van der Waals surface area (Å²) < 4.78 is 12.2. The zero-order chi connectivity index (χ0) is 23.5. The zero-order valence-corrected chi connectivity index (χ0v) is 19.8. The van der Waals surface area contributed by atoms with Gasteiger partial charge in [0.1, 0.15) is 18.0 Å². The summed E-state index contributed by atoms with van der Waals surface area (Å²) in [5.74, 6) is 0.782. The Morgan fingerprint density at radius 3 is 2.41 bits per heavy atom. The van der Waals surface area contributed by atoms with E-state index in [1.54, 1.807) is 0 Å². The number of ether oxygens (including phenoxy) is 2. The van der Waals surface area contributed by atoms with E-state index in [1.165, 1.54) is 19.3 Å². The Balaban J connectivity index is 1.23. The van der Waals surface area contributed by atoms with E-state index in [4.69, 9.17) is 9.47 Å². The molecule has 8 nitrogen and oxygen atoms in total. The van der Waals surface area contributed by atoms with Gasteiger partial charge in [-0.3, -0.25) is 4.79 Å². The number of fused-ring (bicyclic) bond motifs is 3. The molecule has 3 amide bonds. The highest BCUT2D eigenvalue weighted by Gasteiger charge is 2.46. The van der Waals surface area contributed by atoms with Crippen molar-refractivity contribution < 1.29 is 24.2 Å². The first-order valence-corrected chi connectivity index (χ1v) is 13.0. The topological polar surface area (TPSA) is 109 Å². The van der Waals surface area contributed by atoms with Crippen LogP contribution in [0.1, 0.15) is 82.1 Å². The number of aliphatic hydroxyl groups excluding tert-OH is 1. The molecule has 34 heavy (non-hydrogen) atoms. The molecule has 4 N–H and O–H groups in total. The van der Waals surface area contributed by atoms with Crippen LogP contribution in [-0.4, -0.2) is 54.0 Å². The highest BCUT2D eigenvalue weighted by Crippen LogP contribution is 2.47. The van der Waals surface area contributed by atoms with Crippen LogP contribution >= 0.6 is 0 Å². The standard InChI is InChI=1S/C26H37N3O5/c30-15-23-25-21(13-19(33-23)14-24(31)27-16-6-2-1-3-7-16)20-12-18(10-11-22(20)34-25)29-26(32)28-17-8-4-5-9-17/h10-12,16-17,19,21,23,25,30H,1-9,13-15H2,(H,27,31)(H2,28,29,32)/t19-,21+,23-,25-/m0/s1. The summed E-state index contributed by atoms with van der Waals surface area (Å²) in [6, 6.07) is 6.02. The lowest BCUT2D eigenvalue weighted by molar-refractivity contribution is -0.142. The molecule has 0 spiro atoms. The average Bonchev–Trinajstić information content (AvgIpc) is 3.47. The van der Waals surface area contributed by atoms with Crippen molar-refractivity contribution in [1.29, 1.82) is 0 Å². The number of anilines is 1. The number of carbonyl (C=O) groups is 2. The molecule has 8 heteroatoms. The summed E-state index contributed by atoms with van der Waals surface area (Å²) in [4.78, 5) is 25.1. The Kier molecular flexibility index (Phi) is 7.25. The molecule has 4 aliphatic rings. The molecule has 0 bridgehead atoms. The molecule has 1 aromatic rings. The Labute approximate surface area is 201 Å². The summed E-state index contributed by atoms with van der Waals surface area (Å²) in [6.45, 7) is -0.162. The van der Waals surface area contributed by atoms with E-state index in [1.807, 2.05) is 18.2 Å². The molecule has 2 saturated carbocycles.